The zero-order chi connectivity index (χ0) is 11.5. The van der Waals surface area contributed by atoms with E-state index in [0.717, 1.165) is 5.69 Å². The van der Waals surface area contributed by atoms with E-state index in [0.29, 0.717) is 0 Å². The Kier molecular flexibility index (Phi) is 2.80. The third-order valence-corrected chi connectivity index (χ3v) is 3.44. The van der Waals surface area contributed by atoms with Crippen LogP contribution in [0.2, 0.25) is 0 Å². The van der Waals surface area contributed by atoms with Crippen LogP contribution in [0.3, 0.4) is 0 Å². The highest BCUT2D eigenvalue weighted by Crippen LogP contribution is 2.38. The van der Waals surface area contributed by atoms with Crippen LogP contribution in [0.15, 0.2) is 59.6 Å². The van der Waals surface area contributed by atoms with E-state index in [2.05, 4.69) is 47.5 Å². The molecule has 1 heterocycles. The number of nitrogens with zero attached hydrogens (tertiary/aromatic N) is 1. The molecule has 0 saturated carbocycles. The van der Waals surface area contributed by atoms with Crippen molar-refractivity contribution < 1.29 is 0 Å². The molecule has 0 amide bonds. The van der Waals surface area contributed by atoms with Crippen LogP contribution in [0.4, 0.5) is 5.69 Å². The number of thioether (sulfide) groups is 1. The van der Waals surface area contributed by atoms with Crippen molar-refractivity contribution in [1.82, 2.24) is 0 Å². The fraction of sp³-hybridized carbons (Fsp3) is 0. The molecule has 1 aliphatic heterocycles. The van der Waals surface area contributed by atoms with E-state index in [1.54, 1.807) is 11.8 Å². The van der Waals surface area contributed by atoms with Crippen molar-refractivity contribution in [3.05, 3.63) is 65.7 Å². The summed E-state index contributed by atoms with van der Waals surface area (Å²) in [6.07, 6.45) is 2.20. The van der Waals surface area contributed by atoms with Crippen LogP contribution < -0.4 is 0 Å². The van der Waals surface area contributed by atoms with E-state index in [9.17, 15) is 0 Å². The first kappa shape index (κ1) is 10.4. The zero-order valence-electron chi connectivity index (χ0n) is 9.21. The Morgan fingerprint density at radius 1 is 0.882 bits per heavy atom. The average Bonchev–Trinajstić information content (AvgIpc) is 2.40. The minimum Gasteiger partial charge on any atom is -0.249 e. The van der Waals surface area contributed by atoms with Crippen LogP contribution in [0.25, 0.3) is 11.0 Å². The Bertz CT molecular complexity index is 585. The van der Waals surface area contributed by atoms with Gasteiger partial charge in [-0.3, -0.25) is 0 Å². The standard InChI is InChI=1S/C15H11NS/c1-2-6-12(7-3-1)10-15-13-8-4-5-9-14(13)16-11-17-15/h1-11H. The molecule has 0 aliphatic carbocycles. The summed E-state index contributed by atoms with van der Waals surface area (Å²) in [6.45, 7) is 0. The van der Waals surface area contributed by atoms with Crippen LogP contribution in [-0.4, -0.2) is 5.55 Å². The highest BCUT2D eigenvalue weighted by Gasteiger charge is 2.10. The molecular weight excluding hydrogens is 226 g/mol. The van der Waals surface area contributed by atoms with Gasteiger partial charge in [-0.1, -0.05) is 60.3 Å². The first-order chi connectivity index (χ1) is 8.43. The van der Waals surface area contributed by atoms with Crippen LogP contribution in [-0.2, 0) is 0 Å². The second-order valence-electron chi connectivity index (χ2n) is 3.79. The first-order valence-corrected chi connectivity index (χ1v) is 6.37. The highest BCUT2D eigenvalue weighted by molar-refractivity contribution is 8.20. The van der Waals surface area contributed by atoms with Gasteiger partial charge in [-0.2, -0.15) is 0 Å². The molecule has 1 nitrogen and oxygen atoms in total. The van der Waals surface area contributed by atoms with Crippen molar-refractivity contribution in [2.45, 2.75) is 0 Å². The largest absolute Gasteiger partial charge is 0.249 e. The summed E-state index contributed by atoms with van der Waals surface area (Å²) in [7, 11) is 0. The lowest BCUT2D eigenvalue weighted by molar-refractivity contribution is 1.51. The van der Waals surface area contributed by atoms with Gasteiger partial charge in [-0.25, -0.2) is 4.99 Å². The van der Waals surface area contributed by atoms with Gasteiger partial charge in [-0.05, 0) is 17.7 Å². The smallest absolute Gasteiger partial charge is 0.0719 e. The van der Waals surface area contributed by atoms with Crippen LogP contribution in [0.1, 0.15) is 11.1 Å². The zero-order valence-corrected chi connectivity index (χ0v) is 10.0. The van der Waals surface area contributed by atoms with Crippen LogP contribution >= 0.6 is 11.8 Å². The quantitative estimate of drug-likeness (QED) is 0.706. The summed E-state index contributed by atoms with van der Waals surface area (Å²) in [5.74, 6) is 0. The second-order valence-corrected chi connectivity index (χ2v) is 4.68. The maximum absolute atomic E-state index is 4.38. The minimum absolute atomic E-state index is 1.05. The SMILES string of the molecule is C1=Nc2ccccc2C(=Cc2ccccc2)S1. The highest BCUT2D eigenvalue weighted by atomic mass is 32.2. The lowest BCUT2D eigenvalue weighted by Gasteiger charge is -2.12. The summed E-state index contributed by atoms with van der Waals surface area (Å²) >= 11 is 1.67. The van der Waals surface area contributed by atoms with E-state index in [-0.39, 0.29) is 0 Å². The molecule has 0 bridgehead atoms. The van der Waals surface area contributed by atoms with Crippen molar-refractivity contribution >= 4 is 34.0 Å². The molecule has 2 aromatic rings. The Morgan fingerprint density at radius 3 is 2.53 bits per heavy atom. The molecule has 0 fully saturated rings. The fourth-order valence-corrected chi connectivity index (χ4v) is 2.59. The van der Waals surface area contributed by atoms with Gasteiger partial charge in [0.1, 0.15) is 0 Å². The van der Waals surface area contributed by atoms with Crippen molar-refractivity contribution in [2.24, 2.45) is 4.99 Å². The molecule has 0 saturated heterocycles. The number of hydrogen-bond acceptors (Lipinski definition) is 2. The molecule has 82 valence electrons. The Labute approximate surface area is 105 Å². The molecule has 0 unspecified atom stereocenters. The maximum atomic E-state index is 4.38. The molecule has 1 aliphatic rings. The molecule has 2 aromatic carbocycles. The van der Waals surface area contributed by atoms with Crippen molar-refractivity contribution in [1.29, 1.82) is 0 Å². The van der Waals surface area contributed by atoms with Gasteiger partial charge in [0.15, 0.2) is 0 Å². The molecule has 0 radical (unpaired) electrons. The monoisotopic (exact) mass is 237 g/mol. The summed E-state index contributed by atoms with van der Waals surface area (Å²) < 4.78 is 0. The average molecular weight is 237 g/mol. The topological polar surface area (TPSA) is 12.4 Å². The van der Waals surface area contributed by atoms with E-state index >= 15 is 0 Å². The molecule has 0 aromatic heterocycles. The lowest BCUT2D eigenvalue weighted by atomic mass is 10.1. The molecule has 3 rings (SSSR count). The summed E-state index contributed by atoms with van der Waals surface area (Å²) in [5.41, 5.74) is 5.38. The maximum Gasteiger partial charge on any atom is 0.0719 e. The fourth-order valence-electron chi connectivity index (χ4n) is 1.81. The van der Waals surface area contributed by atoms with Crippen LogP contribution in [0, 0.1) is 0 Å². The molecular formula is C15H11NS. The van der Waals surface area contributed by atoms with Gasteiger partial charge in [-0.15, -0.1) is 0 Å². The Morgan fingerprint density at radius 2 is 1.65 bits per heavy atom. The van der Waals surface area contributed by atoms with Crippen LogP contribution in [0.5, 0.6) is 0 Å². The molecule has 0 atom stereocenters. The number of hydrogen-bond donors (Lipinski definition) is 0. The molecule has 17 heavy (non-hydrogen) atoms. The van der Waals surface area contributed by atoms with Gasteiger partial charge >= 0.3 is 0 Å². The Balaban J connectivity index is 2.06. The number of aliphatic imine (C=N–C) groups is 1. The van der Waals surface area contributed by atoms with Crippen molar-refractivity contribution in [3.63, 3.8) is 0 Å². The Hall–Kier alpha value is -1.80. The van der Waals surface area contributed by atoms with E-state index in [1.807, 2.05) is 23.7 Å². The third-order valence-electron chi connectivity index (χ3n) is 2.64. The normalized spacial score (nSPS) is 15.9. The lowest BCUT2D eigenvalue weighted by Crippen LogP contribution is -1.87. The summed E-state index contributed by atoms with van der Waals surface area (Å²) in [4.78, 5) is 5.63. The number of benzene rings is 2. The predicted octanol–water partition coefficient (Wildman–Crippen LogP) is 4.59. The van der Waals surface area contributed by atoms with E-state index in [4.69, 9.17) is 0 Å². The van der Waals surface area contributed by atoms with E-state index in [1.165, 1.54) is 16.0 Å². The summed E-state index contributed by atoms with van der Waals surface area (Å²) in [5, 5.41) is 0. The van der Waals surface area contributed by atoms with Gasteiger partial charge in [0, 0.05) is 10.5 Å². The molecule has 0 N–H and O–H groups in total. The second kappa shape index (κ2) is 4.60. The molecule has 2 heteroatoms. The predicted molar refractivity (Wildman–Crippen MR) is 76.5 cm³/mol. The number of fused-ring (bicyclic) bond motifs is 1. The third kappa shape index (κ3) is 2.17. The van der Waals surface area contributed by atoms with E-state index < -0.39 is 0 Å². The first-order valence-electron chi connectivity index (χ1n) is 5.49. The van der Waals surface area contributed by atoms with Gasteiger partial charge in [0.05, 0.1) is 11.2 Å². The van der Waals surface area contributed by atoms with Gasteiger partial charge in [0.2, 0.25) is 0 Å². The molecule has 0 spiro atoms. The number of rotatable bonds is 1. The van der Waals surface area contributed by atoms with Gasteiger partial charge < -0.3 is 0 Å². The number of para-hydroxylation sites is 1. The minimum atomic E-state index is 1.05. The van der Waals surface area contributed by atoms with Gasteiger partial charge in [0.25, 0.3) is 0 Å². The summed E-state index contributed by atoms with van der Waals surface area (Å²) in [6, 6.07) is 18.6. The van der Waals surface area contributed by atoms with Crippen molar-refractivity contribution in [3.8, 4) is 0 Å². The van der Waals surface area contributed by atoms with Crippen molar-refractivity contribution in [2.75, 3.05) is 0 Å².